The Morgan fingerprint density at radius 2 is 1.71 bits per heavy atom. The number of benzene rings is 1. The van der Waals surface area contributed by atoms with Crippen LogP contribution in [0.25, 0.3) is 0 Å². The molecule has 0 radical (unpaired) electrons. The van der Waals surface area contributed by atoms with Gasteiger partial charge in [-0.25, -0.2) is 4.79 Å². The molecule has 4 rings (SSSR count). The van der Waals surface area contributed by atoms with Crippen LogP contribution in [0.5, 0.6) is 0 Å². The second-order valence-corrected chi connectivity index (χ2v) is 10.5. The molecule has 0 spiro atoms. The predicted octanol–water partition coefficient (Wildman–Crippen LogP) is 2.90. The summed E-state index contributed by atoms with van der Waals surface area (Å²) in [4.78, 5) is 52.1. The first-order valence-electron chi connectivity index (χ1n) is 10.5. The molecule has 3 fully saturated rings. The number of amides is 3. The van der Waals surface area contributed by atoms with E-state index in [0.29, 0.717) is 5.69 Å². The van der Waals surface area contributed by atoms with E-state index in [9.17, 15) is 19.2 Å². The first kappa shape index (κ1) is 22.5. The van der Waals surface area contributed by atoms with E-state index in [1.165, 1.54) is 6.92 Å². The minimum atomic E-state index is -1.07. The molecule has 1 aliphatic heterocycles. The summed E-state index contributed by atoms with van der Waals surface area (Å²) in [6.07, 6.45) is 1.58. The number of nitrogens with zero attached hydrogens (tertiary/aromatic N) is 1. The fourth-order valence-corrected chi connectivity index (χ4v) is 7.13. The molecule has 7 atom stereocenters. The summed E-state index contributed by atoms with van der Waals surface area (Å²) < 4.78 is 5.14. The number of fused-ring (bicyclic) bond motifs is 5. The van der Waals surface area contributed by atoms with E-state index in [0.717, 1.165) is 23.3 Å². The molecule has 31 heavy (non-hydrogen) atoms. The molecule has 1 heterocycles. The number of hydrogen-bond donors (Lipinski definition) is 1. The van der Waals surface area contributed by atoms with Crippen molar-refractivity contribution in [2.24, 2.45) is 23.7 Å². The number of ether oxygens (including phenoxy) is 1. The number of imide groups is 1. The molecule has 2 aliphatic carbocycles. The van der Waals surface area contributed by atoms with Crippen LogP contribution in [0.1, 0.15) is 25.8 Å². The van der Waals surface area contributed by atoms with Gasteiger partial charge in [0.1, 0.15) is 6.04 Å². The van der Waals surface area contributed by atoms with E-state index in [-0.39, 0.29) is 45.1 Å². The number of para-hydroxylation sites is 1. The maximum Gasteiger partial charge on any atom is 0.329 e. The highest BCUT2D eigenvalue weighted by Crippen LogP contribution is 2.60. The summed E-state index contributed by atoms with van der Waals surface area (Å²) in [5.74, 6) is -2.48. The average Bonchev–Trinajstić information content (AvgIpc) is 3.36. The lowest BCUT2D eigenvalue weighted by Gasteiger charge is -2.28. The number of alkyl halides is 2. The third-order valence-corrected chi connectivity index (χ3v) is 9.97. The largest absolute Gasteiger partial charge is 0.454 e. The van der Waals surface area contributed by atoms with E-state index in [1.807, 2.05) is 25.1 Å². The van der Waals surface area contributed by atoms with Gasteiger partial charge in [0.05, 0.1) is 11.8 Å². The van der Waals surface area contributed by atoms with Crippen molar-refractivity contribution in [3.63, 3.8) is 0 Å². The zero-order valence-corrected chi connectivity index (χ0v) is 20.4. The topological polar surface area (TPSA) is 92.8 Å². The van der Waals surface area contributed by atoms with Crippen LogP contribution in [0.4, 0.5) is 5.69 Å². The van der Waals surface area contributed by atoms with Crippen LogP contribution in [0, 0.1) is 23.7 Å². The van der Waals surface area contributed by atoms with Gasteiger partial charge in [0, 0.05) is 15.3 Å². The van der Waals surface area contributed by atoms with Gasteiger partial charge in [0.15, 0.2) is 6.61 Å². The van der Waals surface area contributed by atoms with Crippen molar-refractivity contribution in [1.82, 2.24) is 4.90 Å². The zero-order valence-electron chi connectivity index (χ0n) is 17.2. The molecular formula is C22H24Br2N2O5. The Balaban J connectivity index is 1.37. The van der Waals surface area contributed by atoms with Crippen LogP contribution in [0.2, 0.25) is 0 Å². The number of likely N-dealkylation sites (tertiary alicyclic amines) is 1. The third kappa shape index (κ3) is 3.73. The third-order valence-electron chi connectivity index (χ3n) is 6.77. The second-order valence-electron chi connectivity index (χ2n) is 8.39. The van der Waals surface area contributed by atoms with Crippen LogP contribution in [-0.4, -0.2) is 50.9 Å². The van der Waals surface area contributed by atoms with Crippen molar-refractivity contribution in [3.05, 3.63) is 29.8 Å². The Morgan fingerprint density at radius 1 is 1.13 bits per heavy atom. The molecule has 7 nitrogen and oxygen atoms in total. The Morgan fingerprint density at radius 3 is 2.29 bits per heavy atom. The predicted molar refractivity (Wildman–Crippen MR) is 121 cm³/mol. The van der Waals surface area contributed by atoms with Crippen LogP contribution in [0.15, 0.2) is 24.3 Å². The standard InChI is InChI=1S/C22H24Br2N2O5/c1-3-11-6-4-5-7-14(11)25-15(27)9-31-22(30)10(2)26-20(28)16-12-8-13(17(16)21(26)29)19(24)18(12)23/h4-7,10,12-13,16-19H,3,8-9H2,1-2H3,(H,25,27)/t10-,12+,13+,16+,17+,18-,19-/m0/s1. The lowest BCUT2D eigenvalue weighted by molar-refractivity contribution is -0.159. The maximum absolute atomic E-state index is 13.0. The molecule has 3 amide bonds. The van der Waals surface area contributed by atoms with Crippen LogP contribution in [0.3, 0.4) is 0 Å². The molecule has 1 aromatic carbocycles. The van der Waals surface area contributed by atoms with Crippen LogP contribution < -0.4 is 5.32 Å². The number of anilines is 1. The van der Waals surface area contributed by atoms with Gasteiger partial charge in [0.2, 0.25) is 11.8 Å². The molecule has 166 valence electrons. The van der Waals surface area contributed by atoms with E-state index in [1.54, 1.807) is 6.07 Å². The number of carbonyl (C=O) groups excluding carboxylic acids is 4. The molecule has 2 bridgehead atoms. The lowest BCUT2D eigenvalue weighted by atomic mass is 9.81. The van der Waals surface area contributed by atoms with Gasteiger partial charge >= 0.3 is 5.97 Å². The fourth-order valence-electron chi connectivity index (χ4n) is 5.25. The summed E-state index contributed by atoms with van der Waals surface area (Å²) in [6, 6.07) is 6.32. The normalized spacial score (nSPS) is 32.2. The SMILES string of the molecule is CCc1ccccc1NC(=O)COC(=O)[C@H](C)N1C(=O)[C@@H]2[C@H]3C[C@@H]([C@H](Br)[C@H]3Br)[C@H]2C1=O. The van der Waals surface area contributed by atoms with Crippen molar-refractivity contribution in [2.45, 2.75) is 42.4 Å². The molecule has 1 N–H and O–H groups in total. The monoisotopic (exact) mass is 554 g/mol. The van der Waals surface area contributed by atoms with Crippen molar-refractivity contribution in [1.29, 1.82) is 0 Å². The Kier molecular flexibility index (Phi) is 6.27. The number of hydrogen-bond acceptors (Lipinski definition) is 5. The molecule has 0 aromatic heterocycles. The van der Waals surface area contributed by atoms with Crippen LogP contribution >= 0.6 is 31.9 Å². The van der Waals surface area contributed by atoms with E-state index >= 15 is 0 Å². The molecule has 3 aliphatic rings. The molecule has 1 aromatic rings. The molecular weight excluding hydrogens is 532 g/mol. The van der Waals surface area contributed by atoms with Crippen LogP contribution in [-0.2, 0) is 30.3 Å². The highest BCUT2D eigenvalue weighted by Gasteiger charge is 2.67. The summed E-state index contributed by atoms with van der Waals surface area (Å²) in [6.45, 7) is 2.97. The summed E-state index contributed by atoms with van der Waals surface area (Å²) >= 11 is 7.29. The summed E-state index contributed by atoms with van der Waals surface area (Å²) in [5.41, 5.74) is 1.64. The Hall–Kier alpha value is -1.74. The second kappa shape index (κ2) is 8.65. The highest BCUT2D eigenvalue weighted by atomic mass is 79.9. The fraction of sp³-hybridized carbons (Fsp3) is 0.545. The number of aryl methyl sites for hydroxylation is 1. The highest BCUT2D eigenvalue weighted by molar-refractivity contribution is 9.12. The summed E-state index contributed by atoms with van der Waals surface area (Å²) in [7, 11) is 0. The van der Waals surface area contributed by atoms with Gasteiger partial charge in [-0.1, -0.05) is 57.0 Å². The van der Waals surface area contributed by atoms with Gasteiger partial charge < -0.3 is 10.1 Å². The molecule has 1 saturated heterocycles. The number of nitrogens with one attached hydrogen (secondary N) is 1. The smallest absolute Gasteiger partial charge is 0.329 e. The van der Waals surface area contributed by atoms with Crippen molar-refractivity contribution >= 4 is 61.2 Å². The molecule has 0 unspecified atom stereocenters. The molecule has 2 saturated carbocycles. The van der Waals surface area contributed by atoms with Crippen molar-refractivity contribution in [3.8, 4) is 0 Å². The first-order chi connectivity index (χ1) is 14.8. The van der Waals surface area contributed by atoms with Gasteiger partial charge in [0.25, 0.3) is 5.91 Å². The van der Waals surface area contributed by atoms with Crippen molar-refractivity contribution < 1.29 is 23.9 Å². The quantitative estimate of drug-likeness (QED) is 0.331. The minimum absolute atomic E-state index is 0.0773. The zero-order chi connectivity index (χ0) is 22.4. The summed E-state index contributed by atoms with van der Waals surface area (Å²) in [5, 5.41) is 2.73. The minimum Gasteiger partial charge on any atom is -0.454 e. The van der Waals surface area contributed by atoms with E-state index in [4.69, 9.17) is 4.74 Å². The first-order valence-corrected chi connectivity index (χ1v) is 12.3. The number of carbonyl (C=O) groups is 4. The number of esters is 1. The Bertz CT molecular complexity index is 906. The van der Waals surface area contributed by atoms with Gasteiger partial charge in [-0.3, -0.25) is 19.3 Å². The van der Waals surface area contributed by atoms with Gasteiger partial charge in [-0.05, 0) is 43.2 Å². The molecule has 9 heteroatoms. The van der Waals surface area contributed by atoms with E-state index in [2.05, 4.69) is 37.2 Å². The van der Waals surface area contributed by atoms with Gasteiger partial charge in [-0.2, -0.15) is 0 Å². The average molecular weight is 556 g/mol. The van der Waals surface area contributed by atoms with E-state index < -0.39 is 24.5 Å². The Labute approximate surface area is 197 Å². The van der Waals surface area contributed by atoms with Gasteiger partial charge in [-0.15, -0.1) is 0 Å². The number of rotatable bonds is 6. The lowest BCUT2D eigenvalue weighted by Crippen LogP contribution is -2.45. The maximum atomic E-state index is 13.0. The van der Waals surface area contributed by atoms with Crippen molar-refractivity contribution in [2.75, 3.05) is 11.9 Å². The number of halogens is 2.